The standard InChI is InChI=1S/C11H11N4O2S/c1-14-9-8(10(16)15(2)11(14)17)7(3-5-13-9)18-6-4-12/h3,5,8H,6H2,1-2H3/q+1. The Balaban J connectivity index is 2.44. The number of carbonyl (C=O) groups excluding carboxylic acids is 2. The number of urea groups is 1. The maximum Gasteiger partial charge on any atom is 0.445 e. The minimum absolute atomic E-state index is 0.262. The third kappa shape index (κ3) is 1.84. The monoisotopic (exact) mass is 263 g/mol. The van der Waals surface area contributed by atoms with E-state index in [9.17, 15) is 9.59 Å². The van der Waals surface area contributed by atoms with E-state index < -0.39 is 11.9 Å². The van der Waals surface area contributed by atoms with E-state index in [0.717, 1.165) is 9.81 Å². The molecule has 2 rings (SSSR count). The number of aliphatic imine (C=N–C) groups is 1. The number of fused-ring (bicyclic) bond motifs is 1. The lowest BCUT2D eigenvalue weighted by Gasteiger charge is -2.25. The summed E-state index contributed by atoms with van der Waals surface area (Å²) in [6.07, 6.45) is 3.26. The average Bonchev–Trinajstić information content (AvgIpc) is 2.40. The molecule has 0 aromatic heterocycles. The molecule has 7 heteroatoms. The molecular weight excluding hydrogens is 252 g/mol. The van der Waals surface area contributed by atoms with Gasteiger partial charge in [-0.25, -0.2) is 4.79 Å². The number of hydrogen-bond donors (Lipinski definition) is 0. The zero-order valence-corrected chi connectivity index (χ0v) is 10.8. The second kappa shape index (κ2) is 4.74. The van der Waals surface area contributed by atoms with Crippen LogP contribution in [0.4, 0.5) is 4.79 Å². The van der Waals surface area contributed by atoms with Gasteiger partial charge in [0.05, 0.1) is 25.9 Å². The average molecular weight is 263 g/mol. The predicted octanol–water partition coefficient (Wildman–Crippen LogP) is 0.460. The number of carbonyl (C=O) groups is 2. The summed E-state index contributed by atoms with van der Waals surface area (Å²) in [7, 11) is 3.03. The number of rotatable bonds is 2. The summed E-state index contributed by atoms with van der Waals surface area (Å²) in [5.41, 5.74) is 0. The molecule has 2 aliphatic heterocycles. The molecule has 1 unspecified atom stereocenters. The fourth-order valence-corrected chi connectivity index (χ4v) is 2.62. The van der Waals surface area contributed by atoms with Crippen molar-refractivity contribution in [3.05, 3.63) is 11.0 Å². The van der Waals surface area contributed by atoms with E-state index in [1.165, 1.54) is 23.4 Å². The molecule has 2 aliphatic rings. The lowest BCUT2D eigenvalue weighted by atomic mass is 10.0. The van der Waals surface area contributed by atoms with Crippen LogP contribution in [0.2, 0.25) is 0 Å². The van der Waals surface area contributed by atoms with E-state index in [1.807, 2.05) is 6.07 Å². The highest BCUT2D eigenvalue weighted by atomic mass is 32.2. The molecule has 0 aromatic carbocycles. The van der Waals surface area contributed by atoms with E-state index in [1.54, 1.807) is 19.3 Å². The second-order valence-corrected chi connectivity index (χ2v) is 4.87. The second-order valence-electron chi connectivity index (χ2n) is 3.82. The summed E-state index contributed by atoms with van der Waals surface area (Å²) in [5.74, 6) is -0.188. The van der Waals surface area contributed by atoms with Crippen LogP contribution in [-0.2, 0) is 4.79 Å². The molecule has 92 valence electrons. The van der Waals surface area contributed by atoms with Gasteiger partial charge in [-0.2, -0.15) is 14.7 Å². The van der Waals surface area contributed by atoms with Crippen LogP contribution < -0.4 is 0 Å². The van der Waals surface area contributed by atoms with Crippen molar-refractivity contribution in [1.82, 2.24) is 4.90 Å². The molecule has 0 saturated carbocycles. The minimum Gasteiger partial charge on any atom is -0.255 e. The van der Waals surface area contributed by atoms with Crippen LogP contribution >= 0.6 is 11.8 Å². The van der Waals surface area contributed by atoms with Gasteiger partial charge in [-0.3, -0.25) is 4.79 Å². The molecule has 6 nitrogen and oxygen atoms in total. The maximum atomic E-state index is 12.1. The molecule has 0 aliphatic carbocycles. The van der Waals surface area contributed by atoms with Gasteiger partial charge in [-0.1, -0.05) is 0 Å². The zero-order valence-electron chi connectivity index (χ0n) is 9.95. The van der Waals surface area contributed by atoms with Gasteiger partial charge in [0.25, 0.3) is 5.84 Å². The van der Waals surface area contributed by atoms with Gasteiger partial charge in [0.2, 0.25) is 0 Å². The van der Waals surface area contributed by atoms with Crippen molar-refractivity contribution in [2.75, 3.05) is 19.8 Å². The van der Waals surface area contributed by atoms with E-state index in [0.29, 0.717) is 5.84 Å². The maximum absolute atomic E-state index is 12.1. The number of hydrogen-bond acceptors (Lipinski definition) is 5. The Morgan fingerprint density at radius 1 is 1.61 bits per heavy atom. The quantitative estimate of drug-likeness (QED) is 0.678. The Morgan fingerprint density at radius 3 is 3.00 bits per heavy atom. The first-order valence-corrected chi connectivity index (χ1v) is 6.22. The van der Waals surface area contributed by atoms with Gasteiger partial charge in [0.1, 0.15) is 6.21 Å². The third-order valence-corrected chi connectivity index (χ3v) is 3.77. The van der Waals surface area contributed by atoms with Gasteiger partial charge in [0.15, 0.2) is 5.92 Å². The van der Waals surface area contributed by atoms with Crippen LogP contribution in [0, 0.1) is 17.2 Å². The van der Waals surface area contributed by atoms with Crippen LogP contribution in [0.1, 0.15) is 0 Å². The van der Waals surface area contributed by atoms with Crippen molar-refractivity contribution >= 4 is 35.8 Å². The number of nitriles is 1. The van der Waals surface area contributed by atoms with Gasteiger partial charge in [0, 0.05) is 4.91 Å². The topological polar surface area (TPSA) is 76.5 Å². The summed E-state index contributed by atoms with van der Waals surface area (Å²) >= 11 is 1.29. The normalized spacial score (nSPS) is 22.8. The number of amides is 3. The lowest BCUT2D eigenvalue weighted by molar-refractivity contribution is -0.407. The van der Waals surface area contributed by atoms with E-state index in [2.05, 4.69) is 4.99 Å². The highest BCUT2D eigenvalue weighted by molar-refractivity contribution is 8.03. The predicted molar refractivity (Wildman–Crippen MR) is 67.5 cm³/mol. The van der Waals surface area contributed by atoms with Gasteiger partial charge in [-0.05, 0) is 6.08 Å². The first kappa shape index (κ1) is 12.5. The molecule has 2 heterocycles. The highest BCUT2D eigenvalue weighted by Gasteiger charge is 2.46. The zero-order chi connectivity index (χ0) is 13.3. The van der Waals surface area contributed by atoms with Crippen LogP contribution in [0.25, 0.3) is 0 Å². The molecule has 1 atom stereocenters. The largest absolute Gasteiger partial charge is 0.445 e. The third-order valence-electron chi connectivity index (χ3n) is 2.79. The first-order valence-electron chi connectivity index (χ1n) is 5.24. The van der Waals surface area contributed by atoms with Gasteiger partial charge in [-0.15, -0.1) is 16.8 Å². The van der Waals surface area contributed by atoms with Crippen LogP contribution in [0.3, 0.4) is 0 Å². The molecule has 0 N–H and O–H groups in total. The van der Waals surface area contributed by atoms with Crippen LogP contribution in [-0.4, -0.2) is 53.3 Å². The van der Waals surface area contributed by atoms with E-state index >= 15 is 0 Å². The van der Waals surface area contributed by atoms with Gasteiger partial charge >= 0.3 is 11.9 Å². The summed E-state index contributed by atoms with van der Waals surface area (Å²) < 4.78 is 1.36. The molecule has 0 bridgehead atoms. The Bertz CT molecular complexity index is 556. The summed E-state index contributed by atoms with van der Waals surface area (Å²) in [4.78, 5) is 29.8. The van der Waals surface area contributed by atoms with Crippen molar-refractivity contribution in [2.45, 2.75) is 0 Å². The fourth-order valence-electron chi connectivity index (χ4n) is 1.86. The van der Waals surface area contributed by atoms with E-state index in [4.69, 9.17) is 5.26 Å². The number of nitrogens with zero attached hydrogens (tertiary/aromatic N) is 4. The Labute approximate surface area is 108 Å². The van der Waals surface area contributed by atoms with Crippen LogP contribution in [0.5, 0.6) is 0 Å². The van der Waals surface area contributed by atoms with E-state index in [-0.39, 0.29) is 11.7 Å². The fraction of sp³-hybridized carbons (Fsp3) is 0.364. The molecule has 0 spiro atoms. The van der Waals surface area contributed by atoms with Crippen molar-refractivity contribution in [3.63, 3.8) is 0 Å². The first-order chi connectivity index (χ1) is 8.57. The summed E-state index contributed by atoms with van der Waals surface area (Å²) in [6.45, 7) is 0. The molecule has 18 heavy (non-hydrogen) atoms. The highest BCUT2D eigenvalue weighted by Crippen LogP contribution is 2.31. The molecule has 0 fully saturated rings. The smallest absolute Gasteiger partial charge is 0.255 e. The van der Waals surface area contributed by atoms with Gasteiger partial charge < -0.3 is 0 Å². The summed E-state index contributed by atoms with van der Waals surface area (Å²) in [5, 5.41) is 8.61. The van der Waals surface area contributed by atoms with Crippen molar-refractivity contribution in [1.29, 1.82) is 5.26 Å². The number of dihydropyridines is 1. The van der Waals surface area contributed by atoms with Crippen molar-refractivity contribution in [2.24, 2.45) is 10.9 Å². The Morgan fingerprint density at radius 2 is 2.33 bits per heavy atom. The van der Waals surface area contributed by atoms with Crippen LogP contribution in [0.15, 0.2) is 16.0 Å². The minimum atomic E-state index is -0.568. The Kier molecular flexibility index (Phi) is 3.30. The molecule has 0 saturated heterocycles. The number of imide groups is 1. The number of thioether (sulfide) groups is 1. The number of amidine groups is 1. The van der Waals surface area contributed by atoms with Crippen molar-refractivity contribution in [3.8, 4) is 6.07 Å². The SMILES string of the molecule is CN1C(=O)C2C(SCC#N)=CC=NC2=[N+](C)C1=O. The Hall–Kier alpha value is -1.94. The molecule has 3 amide bonds. The summed E-state index contributed by atoms with van der Waals surface area (Å²) in [6, 6.07) is 1.63. The molecular formula is C11H11N4O2S+. The van der Waals surface area contributed by atoms with Crippen molar-refractivity contribution < 1.29 is 14.2 Å². The lowest BCUT2D eigenvalue weighted by Crippen LogP contribution is -2.52. The molecule has 0 radical (unpaired) electrons. The number of allylic oxidation sites excluding steroid dienone is 1. The molecule has 0 aromatic rings.